The number of aryl methyl sites for hydroxylation is 1. The van der Waals surface area contributed by atoms with Gasteiger partial charge < -0.3 is 9.47 Å². The summed E-state index contributed by atoms with van der Waals surface area (Å²) in [4.78, 5) is 18.4. The molecule has 1 aliphatic carbocycles. The first-order valence-corrected chi connectivity index (χ1v) is 12.1. The van der Waals surface area contributed by atoms with Crippen LogP contribution in [0.3, 0.4) is 0 Å². The second kappa shape index (κ2) is 7.56. The Morgan fingerprint density at radius 1 is 1.07 bits per heavy atom. The minimum absolute atomic E-state index is 0.350. The molecule has 30 heavy (non-hydrogen) atoms. The van der Waals surface area contributed by atoms with Crippen LogP contribution in [0.4, 0.5) is 0 Å². The molecule has 3 aliphatic heterocycles. The van der Waals surface area contributed by atoms with Crippen LogP contribution in [0.1, 0.15) is 44.9 Å². The van der Waals surface area contributed by atoms with E-state index in [1.165, 1.54) is 56.1 Å². The second-order valence-corrected chi connectivity index (χ2v) is 9.91. The van der Waals surface area contributed by atoms with E-state index in [9.17, 15) is 4.79 Å². The molecule has 4 atom stereocenters. The number of hydrogen-bond donors (Lipinski definition) is 0. The predicted octanol–water partition coefficient (Wildman–Crippen LogP) is 4.45. The molecule has 3 saturated heterocycles. The third-order valence-electron chi connectivity index (χ3n) is 8.22. The number of likely N-dealkylation sites (tertiary alicyclic amines) is 1. The molecule has 0 unspecified atom stereocenters. The number of carbonyl (C=O) groups is 1. The summed E-state index contributed by atoms with van der Waals surface area (Å²) in [6, 6.07) is 11.7. The van der Waals surface area contributed by atoms with Crippen molar-refractivity contribution >= 4 is 16.8 Å². The quantitative estimate of drug-likeness (QED) is 0.708. The Morgan fingerprint density at radius 2 is 2.00 bits per heavy atom. The van der Waals surface area contributed by atoms with Gasteiger partial charge in [0.15, 0.2) is 0 Å². The number of hydrogen-bond acceptors (Lipinski definition) is 2. The monoisotopic (exact) mass is 403 g/mol. The lowest BCUT2D eigenvalue weighted by atomic mass is 9.68. The summed E-state index contributed by atoms with van der Waals surface area (Å²) in [5.41, 5.74) is 2.82. The molecule has 6 rings (SSSR count). The van der Waals surface area contributed by atoms with Crippen molar-refractivity contribution in [3.8, 4) is 0 Å². The zero-order valence-corrected chi connectivity index (χ0v) is 17.9. The van der Waals surface area contributed by atoms with Crippen molar-refractivity contribution in [2.24, 2.45) is 11.8 Å². The Balaban J connectivity index is 1.20. The first-order valence-electron chi connectivity index (χ1n) is 12.1. The molecule has 4 nitrogen and oxygen atoms in total. The van der Waals surface area contributed by atoms with Crippen molar-refractivity contribution in [2.45, 2.75) is 63.6 Å². The molecule has 2 bridgehead atoms. The minimum atomic E-state index is 0.350. The zero-order valence-electron chi connectivity index (χ0n) is 17.9. The Morgan fingerprint density at radius 3 is 2.97 bits per heavy atom. The van der Waals surface area contributed by atoms with Crippen LogP contribution in [-0.4, -0.2) is 52.0 Å². The van der Waals surface area contributed by atoms with Crippen LogP contribution < -0.4 is 0 Å². The third kappa shape index (κ3) is 3.11. The standard InChI is InChI=1S/C26H33N3O/c30-25(11-15-27-14-10-19-6-1-2-8-23(19)27)29-13-5-7-20-16-21-17-22(26(20)29)18-28-12-4-3-9-24(21)28/h1-2,6,8,10,14,16,21-22,24,26H,3-5,7,9,11-13,15,17-18H2/t21-,22+,24+,26-/m0/s1. The number of aromatic nitrogens is 1. The maximum atomic E-state index is 13.4. The van der Waals surface area contributed by atoms with E-state index < -0.39 is 0 Å². The van der Waals surface area contributed by atoms with Crippen molar-refractivity contribution in [1.29, 1.82) is 0 Å². The summed E-state index contributed by atoms with van der Waals surface area (Å²) in [5, 5.41) is 1.25. The number of fused-ring (bicyclic) bond motifs is 7. The van der Waals surface area contributed by atoms with Crippen molar-refractivity contribution in [2.75, 3.05) is 19.6 Å². The van der Waals surface area contributed by atoms with Gasteiger partial charge in [-0.25, -0.2) is 0 Å². The van der Waals surface area contributed by atoms with Gasteiger partial charge in [-0.3, -0.25) is 9.69 Å². The maximum absolute atomic E-state index is 13.4. The fourth-order valence-electron chi connectivity index (χ4n) is 6.95. The molecule has 2 aromatic rings. The van der Waals surface area contributed by atoms with Crippen LogP contribution in [-0.2, 0) is 11.3 Å². The Kier molecular flexibility index (Phi) is 4.71. The molecule has 4 heteroatoms. The average Bonchev–Trinajstić information content (AvgIpc) is 3.20. The van der Waals surface area contributed by atoms with Crippen LogP contribution in [0, 0.1) is 11.8 Å². The lowest BCUT2D eigenvalue weighted by molar-refractivity contribution is -0.136. The summed E-state index contributed by atoms with van der Waals surface area (Å²) in [7, 11) is 0. The third-order valence-corrected chi connectivity index (χ3v) is 8.22. The molecule has 0 N–H and O–H groups in total. The van der Waals surface area contributed by atoms with Crippen LogP contribution in [0.5, 0.6) is 0 Å². The van der Waals surface area contributed by atoms with E-state index in [0.717, 1.165) is 31.5 Å². The number of amides is 1. The van der Waals surface area contributed by atoms with Crippen molar-refractivity contribution < 1.29 is 4.79 Å². The van der Waals surface area contributed by atoms with E-state index in [2.05, 4.69) is 57.0 Å². The van der Waals surface area contributed by atoms with Gasteiger partial charge in [0.05, 0.1) is 6.04 Å². The molecular formula is C26H33N3O. The molecule has 4 aliphatic rings. The van der Waals surface area contributed by atoms with Gasteiger partial charge in [0, 0.05) is 43.8 Å². The molecular weight excluding hydrogens is 370 g/mol. The van der Waals surface area contributed by atoms with Crippen molar-refractivity contribution in [1.82, 2.24) is 14.4 Å². The fraction of sp³-hybridized carbons (Fsp3) is 0.577. The molecule has 1 aromatic heterocycles. The van der Waals surface area contributed by atoms with Crippen LogP contribution in [0.2, 0.25) is 0 Å². The van der Waals surface area contributed by atoms with Gasteiger partial charge in [-0.05, 0) is 68.0 Å². The molecule has 158 valence electrons. The largest absolute Gasteiger partial charge is 0.347 e. The summed E-state index contributed by atoms with van der Waals surface area (Å²) in [6.45, 7) is 4.19. The fourth-order valence-corrected chi connectivity index (χ4v) is 6.95. The number of para-hydroxylation sites is 1. The number of rotatable bonds is 3. The van der Waals surface area contributed by atoms with E-state index >= 15 is 0 Å². The average molecular weight is 404 g/mol. The molecule has 4 heterocycles. The van der Waals surface area contributed by atoms with Crippen LogP contribution in [0.25, 0.3) is 10.9 Å². The lowest BCUT2D eigenvalue weighted by Gasteiger charge is -2.54. The van der Waals surface area contributed by atoms with Gasteiger partial charge in [0.25, 0.3) is 0 Å². The summed E-state index contributed by atoms with van der Waals surface area (Å²) in [6.07, 6.45) is 13.1. The van der Waals surface area contributed by atoms with E-state index in [4.69, 9.17) is 0 Å². The molecule has 0 radical (unpaired) electrons. The number of benzene rings is 1. The van der Waals surface area contributed by atoms with Gasteiger partial charge in [0.2, 0.25) is 5.91 Å². The SMILES string of the molecule is O=C(CCn1ccc2ccccc21)N1CCCC2=C[C@H]3C[C@H](CN4CCCC[C@H]34)[C@H]21. The first kappa shape index (κ1) is 18.7. The topological polar surface area (TPSA) is 28.5 Å². The van der Waals surface area contributed by atoms with Crippen molar-refractivity contribution in [3.05, 3.63) is 48.2 Å². The lowest BCUT2D eigenvalue weighted by Crippen LogP contribution is -2.60. The Bertz CT molecular complexity index is 976. The zero-order chi connectivity index (χ0) is 20.1. The maximum Gasteiger partial charge on any atom is 0.224 e. The van der Waals surface area contributed by atoms with Gasteiger partial charge in [0.1, 0.15) is 0 Å². The smallest absolute Gasteiger partial charge is 0.224 e. The van der Waals surface area contributed by atoms with Gasteiger partial charge in [-0.1, -0.05) is 36.3 Å². The molecule has 3 fully saturated rings. The van der Waals surface area contributed by atoms with Crippen LogP contribution >= 0.6 is 0 Å². The predicted molar refractivity (Wildman–Crippen MR) is 120 cm³/mol. The van der Waals surface area contributed by atoms with Gasteiger partial charge >= 0.3 is 0 Å². The first-order chi connectivity index (χ1) is 14.8. The summed E-state index contributed by atoms with van der Waals surface area (Å²) in [5.74, 6) is 1.72. The highest BCUT2D eigenvalue weighted by molar-refractivity contribution is 5.81. The highest BCUT2D eigenvalue weighted by Crippen LogP contribution is 2.45. The molecule has 1 aromatic carbocycles. The normalized spacial score (nSPS) is 31.2. The van der Waals surface area contributed by atoms with Gasteiger partial charge in [-0.15, -0.1) is 0 Å². The number of carbonyl (C=O) groups excluding carboxylic acids is 1. The highest BCUT2D eigenvalue weighted by atomic mass is 16.2. The highest BCUT2D eigenvalue weighted by Gasteiger charge is 2.46. The summed E-state index contributed by atoms with van der Waals surface area (Å²) >= 11 is 0. The van der Waals surface area contributed by atoms with Gasteiger partial charge in [-0.2, -0.15) is 0 Å². The van der Waals surface area contributed by atoms with E-state index in [0.29, 0.717) is 24.3 Å². The second-order valence-electron chi connectivity index (χ2n) is 9.91. The van der Waals surface area contributed by atoms with Crippen molar-refractivity contribution in [3.63, 3.8) is 0 Å². The minimum Gasteiger partial charge on any atom is -0.347 e. The summed E-state index contributed by atoms with van der Waals surface area (Å²) < 4.78 is 2.24. The molecule has 1 amide bonds. The van der Waals surface area contributed by atoms with E-state index in [-0.39, 0.29) is 0 Å². The van der Waals surface area contributed by atoms with E-state index in [1.807, 2.05) is 0 Å². The Labute approximate surface area is 179 Å². The van der Waals surface area contributed by atoms with E-state index in [1.54, 1.807) is 5.57 Å². The number of nitrogens with zero attached hydrogens (tertiary/aromatic N) is 3. The molecule has 0 spiro atoms. The van der Waals surface area contributed by atoms with Crippen LogP contribution in [0.15, 0.2) is 48.2 Å². The molecule has 0 saturated carbocycles. The Hall–Kier alpha value is -2.07. The number of piperidine rings is 3.